The van der Waals surface area contributed by atoms with Crippen molar-refractivity contribution in [1.82, 2.24) is 4.90 Å². The highest BCUT2D eigenvalue weighted by Gasteiger charge is 2.59. The Morgan fingerprint density at radius 2 is 1.96 bits per heavy atom. The number of benzene rings is 1. The normalized spacial score (nSPS) is 20.7. The van der Waals surface area contributed by atoms with E-state index in [9.17, 15) is 9.59 Å². The molecule has 1 spiro atoms. The van der Waals surface area contributed by atoms with Gasteiger partial charge in [0.2, 0.25) is 5.91 Å². The Labute approximate surface area is 154 Å². The fraction of sp³-hybridized carbons (Fsp3) is 0.600. The Kier molecular flexibility index (Phi) is 5.39. The lowest BCUT2D eigenvalue weighted by Crippen LogP contribution is -2.39. The van der Waals surface area contributed by atoms with Crippen molar-refractivity contribution < 1.29 is 24.2 Å². The van der Waals surface area contributed by atoms with Crippen LogP contribution in [0.5, 0.6) is 11.5 Å². The van der Waals surface area contributed by atoms with Crippen molar-refractivity contribution in [2.75, 3.05) is 27.3 Å². The lowest BCUT2D eigenvalue weighted by Gasteiger charge is -2.32. The summed E-state index contributed by atoms with van der Waals surface area (Å²) in [5, 5.41) is 9.15. The summed E-state index contributed by atoms with van der Waals surface area (Å²) in [5.41, 5.74) is 1.04. The molecule has 1 aromatic carbocycles. The van der Waals surface area contributed by atoms with Crippen molar-refractivity contribution in [3.63, 3.8) is 0 Å². The number of nitrogens with zero attached hydrogens (tertiary/aromatic N) is 1. The van der Waals surface area contributed by atoms with E-state index in [1.54, 1.807) is 14.2 Å². The maximum absolute atomic E-state index is 12.4. The van der Waals surface area contributed by atoms with Crippen molar-refractivity contribution in [3.05, 3.63) is 23.8 Å². The minimum Gasteiger partial charge on any atom is -0.497 e. The smallest absolute Gasteiger partial charge is 0.307 e. The van der Waals surface area contributed by atoms with Crippen LogP contribution < -0.4 is 9.47 Å². The fourth-order valence-corrected chi connectivity index (χ4v) is 4.10. The highest BCUT2D eigenvalue weighted by atomic mass is 16.5. The molecule has 1 aliphatic heterocycles. The Balaban J connectivity index is 1.45. The molecule has 142 valence electrons. The van der Waals surface area contributed by atoms with Crippen LogP contribution in [0.3, 0.4) is 0 Å². The molecular formula is C20H27NO5. The standard InChI is InChI=1S/C20H27NO5/c1-25-15-7-6-14(17(12-15)26-2)4-3-5-18(22)21-10-8-20(9-11-21)13-16(20)19(23)24/h6-7,12,16H,3-5,8-11,13H2,1-2H3,(H,23,24). The molecule has 1 unspecified atom stereocenters. The van der Waals surface area contributed by atoms with Gasteiger partial charge in [0, 0.05) is 25.6 Å². The summed E-state index contributed by atoms with van der Waals surface area (Å²) >= 11 is 0. The number of hydrogen-bond acceptors (Lipinski definition) is 4. The number of ether oxygens (including phenoxy) is 2. The molecule has 0 radical (unpaired) electrons. The number of amides is 1. The zero-order valence-corrected chi connectivity index (χ0v) is 15.5. The van der Waals surface area contributed by atoms with E-state index in [4.69, 9.17) is 14.6 Å². The van der Waals surface area contributed by atoms with E-state index >= 15 is 0 Å². The van der Waals surface area contributed by atoms with Gasteiger partial charge in [0.15, 0.2) is 0 Å². The molecule has 26 heavy (non-hydrogen) atoms. The number of carboxylic acid groups (broad SMARTS) is 1. The van der Waals surface area contributed by atoms with Gasteiger partial charge >= 0.3 is 5.97 Å². The van der Waals surface area contributed by atoms with Crippen molar-refractivity contribution in [1.29, 1.82) is 0 Å². The molecule has 1 heterocycles. The number of aryl methyl sites for hydroxylation is 1. The second-order valence-corrected chi connectivity index (χ2v) is 7.37. The molecule has 1 N–H and O–H groups in total. The van der Waals surface area contributed by atoms with E-state index in [0.29, 0.717) is 19.5 Å². The number of piperidine rings is 1. The van der Waals surface area contributed by atoms with Crippen LogP contribution in [0.1, 0.15) is 37.7 Å². The summed E-state index contributed by atoms with van der Waals surface area (Å²) in [6.45, 7) is 1.38. The summed E-state index contributed by atoms with van der Waals surface area (Å²) in [6.07, 6.45) is 4.47. The van der Waals surface area contributed by atoms with Crippen LogP contribution in [0.2, 0.25) is 0 Å². The highest BCUT2D eigenvalue weighted by Crippen LogP contribution is 2.59. The number of carbonyl (C=O) groups is 2. The molecule has 6 heteroatoms. The predicted molar refractivity (Wildman–Crippen MR) is 96.5 cm³/mol. The molecule has 0 bridgehead atoms. The molecule has 3 rings (SSSR count). The molecule has 1 atom stereocenters. The molecule has 2 fully saturated rings. The molecule has 6 nitrogen and oxygen atoms in total. The number of rotatable bonds is 7. The average molecular weight is 361 g/mol. The number of aliphatic carboxylic acids is 1. The minimum absolute atomic E-state index is 0.0287. The third kappa shape index (κ3) is 3.79. The second kappa shape index (κ2) is 7.56. The largest absolute Gasteiger partial charge is 0.497 e. The average Bonchev–Trinajstić information content (AvgIpc) is 3.36. The third-order valence-electron chi connectivity index (χ3n) is 5.93. The first kappa shape index (κ1) is 18.5. The van der Waals surface area contributed by atoms with E-state index in [2.05, 4.69) is 0 Å². The molecule has 1 amide bonds. The van der Waals surface area contributed by atoms with Gasteiger partial charge in [-0.25, -0.2) is 0 Å². The second-order valence-electron chi connectivity index (χ2n) is 7.37. The fourth-order valence-electron chi connectivity index (χ4n) is 4.10. The van der Waals surface area contributed by atoms with Crippen molar-refractivity contribution in [2.45, 2.75) is 38.5 Å². The van der Waals surface area contributed by atoms with Crippen LogP contribution in [0, 0.1) is 11.3 Å². The quantitative estimate of drug-likeness (QED) is 0.808. The summed E-state index contributed by atoms with van der Waals surface area (Å²) in [7, 11) is 3.26. The van der Waals surface area contributed by atoms with Gasteiger partial charge < -0.3 is 19.5 Å². The number of likely N-dealkylation sites (tertiary alicyclic amines) is 1. The Bertz CT molecular complexity index is 679. The van der Waals surface area contributed by atoms with Crippen LogP contribution in [0.25, 0.3) is 0 Å². The lowest BCUT2D eigenvalue weighted by molar-refractivity contribution is -0.139. The number of carbonyl (C=O) groups excluding carboxylic acids is 1. The highest BCUT2D eigenvalue weighted by molar-refractivity contribution is 5.77. The van der Waals surface area contributed by atoms with Crippen LogP contribution in [0.4, 0.5) is 0 Å². The van der Waals surface area contributed by atoms with E-state index in [1.165, 1.54) is 0 Å². The molecule has 1 aromatic rings. The monoisotopic (exact) mass is 361 g/mol. The van der Waals surface area contributed by atoms with Gasteiger partial charge in [0.1, 0.15) is 11.5 Å². The first-order chi connectivity index (χ1) is 12.5. The maximum atomic E-state index is 12.4. The van der Waals surface area contributed by atoms with E-state index in [0.717, 1.165) is 49.2 Å². The van der Waals surface area contributed by atoms with Gasteiger partial charge in [0.05, 0.1) is 20.1 Å². The Morgan fingerprint density at radius 1 is 1.23 bits per heavy atom. The Morgan fingerprint density at radius 3 is 2.54 bits per heavy atom. The molecule has 1 saturated carbocycles. The van der Waals surface area contributed by atoms with Crippen molar-refractivity contribution in [3.8, 4) is 11.5 Å². The summed E-state index contributed by atoms with van der Waals surface area (Å²) in [6, 6.07) is 5.74. The topological polar surface area (TPSA) is 76.1 Å². The molecule has 1 saturated heterocycles. The van der Waals surface area contributed by atoms with Crippen LogP contribution in [0.15, 0.2) is 18.2 Å². The number of hydrogen-bond donors (Lipinski definition) is 1. The summed E-state index contributed by atoms with van der Waals surface area (Å²) in [5.74, 6) is 0.828. The van der Waals surface area contributed by atoms with Gasteiger partial charge in [-0.2, -0.15) is 0 Å². The Hall–Kier alpha value is -2.24. The number of methoxy groups -OCH3 is 2. The summed E-state index contributed by atoms with van der Waals surface area (Å²) in [4.78, 5) is 25.5. The van der Waals surface area contributed by atoms with Crippen molar-refractivity contribution in [2.24, 2.45) is 11.3 Å². The summed E-state index contributed by atoms with van der Waals surface area (Å²) < 4.78 is 10.6. The van der Waals surface area contributed by atoms with E-state index in [1.807, 2.05) is 23.1 Å². The van der Waals surface area contributed by atoms with E-state index < -0.39 is 5.97 Å². The SMILES string of the molecule is COc1ccc(CCCC(=O)N2CCC3(CC2)CC3C(=O)O)c(OC)c1. The molecular weight excluding hydrogens is 334 g/mol. The zero-order chi connectivity index (χ0) is 18.7. The molecule has 2 aliphatic rings. The van der Waals surface area contributed by atoms with Gasteiger partial charge in [-0.3, -0.25) is 9.59 Å². The zero-order valence-electron chi connectivity index (χ0n) is 15.5. The molecule has 0 aromatic heterocycles. The van der Waals surface area contributed by atoms with Gasteiger partial charge in [-0.1, -0.05) is 6.07 Å². The predicted octanol–water partition coefficient (Wildman–Crippen LogP) is 2.74. The minimum atomic E-state index is -0.682. The van der Waals surface area contributed by atoms with Gasteiger partial charge in [0.25, 0.3) is 0 Å². The van der Waals surface area contributed by atoms with E-state index in [-0.39, 0.29) is 17.2 Å². The first-order valence-electron chi connectivity index (χ1n) is 9.20. The van der Waals surface area contributed by atoms with Gasteiger partial charge in [-0.15, -0.1) is 0 Å². The van der Waals surface area contributed by atoms with Crippen molar-refractivity contribution >= 4 is 11.9 Å². The van der Waals surface area contributed by atoms with Crippen LogP contribution >= 0.6 is 0 Å². The number of carboxylic acids is 1. The maximum Gasteiger partial charge on any atom is 0.307 e. The van der Waals surface area contributed by atoms with Crippen LogP contribution in [-0.4, -0.2) is 49.2 Å². The van der Waals surface area contributed by atoms with Gasteiger partial charge in [-0.05, 0) is 49.1 Å². The van der Waals surface area contributed by atoms with Crippen LogP contribution in [-0.2, 0) is 16.0 Å². The lowest BCUT2D eigenvalue weighted by atomic mass is 9.90. The first-order valence-corrected chi connectivity index (χ1v) is 9.20. The molecule has 1 aliphatic carbocycles. The third-order valence-corrected chi connectivity index (χ3v) is 5.93.